The zero-order valence-corrected chi connectivity index (χ0v) is 19.4. The molecule has 16 heteroatoms. The summed E-state index contributed by atoms with van der Waals surface area (Å²) in [4.78, 5) is 36.1. The number of hydrogen-bond donors (Lipinski definition) is 3. The fourth-order valence-corrected chi connectivity index (χ4v) is 3.49. The van der Waals surface area contributed by atoms with E-state index in [9.17, 15) is 45.1 Å². The molecule has 2 aromatic carbocycles. The Labute approximate surface area is 212 Å². The molecule has 0 saturated heterocycles. The predicted molar refractivity (Wildman–Crippen MR) is 117 cm³/mol. The topological polar surface area (TPSA) is 87.3 Å². The van der Waals surface area contributed by atoms with Gasteiger partial charge in [0.2, 0.25) is 5.91 Å². The lowest BCUT2D eigenvalue weighted by Gasteiger charge is -2.19. The monoisotopic (exact) mass is 579 g/mol. The first-order valence-corrected chi connectivity index (χ1v) is 10.6. The SMILES string of the molecule is O=C(Nc1ccc(F)c(NC(=O)C(F)(F)C(F)(F)F)c1F)c1cc(NC(=O)[C@H]2CC2(Cl)Cl)ccc1Cl. The summed E-state index contributed by atoms with van der Waals surface area (Å²) in [6.45, 7) is 0. The third-order valence-electron chi connectivity index (χ3n) is 4.84. The van der Waals surface area contributed by atoms with E-state index in [1.165, 1.54) is 12.1 Å². The van der Waals surface area contributed by atoms with Crippen molar-refractivity contribution < 1.29 is 45.1 Å². The highest BCUT2D eigenvalue weighted by Crippen LogP contribution is 2.53. The molecule has 1 atom stereocenters. The zero-order chi connectivity index (χ0) is 27.2. The van der Waals surface area contributed by atoms with Crippen molar-refractivity contribution in [1.29, 1.82) is 0 Å². The van der Waals surface area contributed by atoms with E-state index in [0.29, 0.717) is 12.1 Å². The number of benzene rings is 2. The molecule has 2 aromatic rings. The number of amides is 3. The van der Waals surface area contributed by atoms with Gasteiger partial charge >= 0.3 is 18.0 Å². The number of anilines is 3. The number of rotatable bonds is 6. The minimum atomic E-state index is -6.33. The van der Waals surface area contributed by atoms with E-state index in [0.717, 1.165) is 11.4 Å². The van der Waals surface area contributed by atoms with Gasteiger partial charge in [0.1, 0.15) is 15.8 Å². The maximum absolute atomic E-state index is 14.7. The fourth-order valence-electron chi connectivity index (χ4n) is 2.78. The van der Waals surface area contributed by atoms with Crippen LogP contribution in [0, 0.1) is 17.6 Å². The van der Waals surface area contributed by atoms with Gasteiger partial charge in [-0.25, -0.2) is 8.78 Å². The second-order valence-corrected chi connectivity index (χ2v) is 9.42. The van der Waals surface area contributed by atoms with Crippen LogP contribution in [-0.4, -0.2) is 34.2 Å². The Balaban J connectivity index is 1.81. The molecule has 0 aromatic heterocycles. The van der Waals surface area contributed by atoms with Crippen LogP contribution in [0.1, 0.15) is 16.8 Å². The van der Waals surface area contributed by atoms with E-state index in [-0.39, 0.29) is 22.7 Å². The molecule has 36 heavy (non-hydrogen) atoms. The second kappa shape index (κ2) is 9.60. The van der Waals surface area contributed by atoms with Crippen molar-refractivity contribution in [2.45, 2.75) is 22.9 Å². The summed E-state index contributed by atoms with van der Waals surface area (Å²) in [7, 11) is 0. The summed E-state index contributed by atoms with van der Waals surface area (Å²) >= 11 is 17.6. The number of carbonyl (C=O) groups is 3. The van der Waals surface area contributed by atoms with Gasteiger partial charge in [-0.15, -0.1) is 23.2 Å². The summed E-state index contributed by atoms with van der Waals surface area (Å²) in [5, 5.41) is 5.01. The quantitative estimate of drug-likeness (QED) is 0.284. The number of nitrogens with one attached hydrogen (secondary N) is 3. The van der Waals surface area contributed by atoms with E-state index in [2.05, 4.69) is 5.32 Å². The number of carbonyl (C=O) groups excluding carboxylic acids is 3. The van der Waals surface area contributed by atoms with Crippen molar-refractivity contribution in [1.82, 2.24) is 0 Å². The van der Waals surface area contributed by atoms with Crippen LogP contribution in [0.25, 0.3) is 0 Å². The minimum absolute atomic E-state index is 0.0625. The highest BCUT2D eigenvalue weighted by atomic mass is 35.5. The Morgan fingerprint density at radius 3 is 2.11 bits per heavy atom. The van der Waals surface area contributed by atoms with Crippen LogP contribution >= 0.6 is 34.8 Å². The molecule has 1 saturated carbocycles. The smallest absolute Gasteiger partial charge is 0.326 e. The highest BCUT2D eigenvalue weighted by molar-refractivity contribution is 6.52. The lowest BCUT2D eigenvalue weighted by atomic mass is 10.1. The van der Waals surface area contributed by atoms with Gasteiger partial charge < -0.3 is 16.0 Å². The van der Waals surface area contributed by atoms with Crippen LogP contribution in [0.5, 0.6) is 0 Å². The summed E-state index contributed by atoms with van der Waals surface area (Å²) in [5.74, 6) is -15.0. The highest BCUT2D eigenvalue weighted by Gasteiger charge is 2.63. The average Bonchev–Trinajstić information content (AvgIpc) is 3.41. The molecular weight excluding hydrogens is 570 g/mol. The zero-order valence-electron chi connectivity index (χ0n) is 17.2. The van der Waals surface area contributed by atoms with Crippen LogP contribution in [0.4, 0.5) is 47.8 Å². The summed E-state index contributed by atoms with van der Waals surface area (Å²) in [5.41, 5.74) is -2.84. The van der Waals surface area contributed by atoms with Crippen molar-refractivity contribution in [2.75, 3.05) is 16.0 Å². The molecular formula is C20H11Cl3F7N3O3. The van der Waals surface area contributed by atoms with Crippen LogP contribution in [-0.2, 0) is 9.59 Å². The Bertz CT molecular complexity index is 1260. The molecule has 3 amide bonds. The molecule has 0 unspecified atom stereocenters. The van der Waals surface area contributed by atoms with Crippen LogP contribution in [0.15, 0.2) is 30.3 Å². The van der Waals surface area contributed by atoms with Crippen molar-refractivity contribution >= 4 is 69.6 Å². The van der Waals surface area contributed by atoms with Gasteiger partial charge in [0.05, 0.1) is 22.2 Å². The van der Waals surface area contributed by atoms with E-state index in [1.807, 2.05) is 5.32 Å². The van der Waals surface area contributed by atoms with Gasteiger partial charge in [0.15, 0.2) is 5.82 Å². The molecule has 3 N–H and O–H groups in total. The molecule has 0 spiro atoms. The van der Waals surface area contributed by atoms with Crippen molar-refractivity contribution in [3.8, 4) is 0 Å². The third kappa shape index (κ3) is 5.62. The van der Waals surface area contributed by atoms with Gasteiger partial charge in [-0.2, -0.15) is 22.0 Å². The molecule has 1 fully saturated rings. The van der Waals surface area contributed by atoms with Crippen molar-refractivity contribution in [2.24, 2.45) is 5.92 Å². The van der Waals surface area contributed by atoms with Gasteiger partial charge in [-0.05, 0) is 36.8 Å². The van der Waals surface area contributed by atoms with E-state index in [4.69, 9.17) is 34.8 Å². The van der Waals surface area contributed by atoms with Crippen molar-refractivity contribution in [3.05, 3.63) is 52.6 Å². The Kier molecular flexibility index (Phi) is 7.41. The number of alkyl halides is 7. The molecule has 1 aliphatic rings. The first-order chi connectivity index (χ1) is 16.5. The normalized spacial score (nSPS) is 16.8. The maximum Gasteiger partial charge on any atom is 0.463 e. The molecule has 1 aliphatic carbocycles. The largest absolute Gasteiger partial charge is 0.463 e. The molecule has 3 rings (SSSR count). The summed E-state index contributed by atoms with van der Waals surface area (Å²) in [6.07, 6.45) is -6.14. The molecule has 0 radical (unpaired) electrons. The van der Waals surface area contributed by atoms with Gasteiger partial charge in [-0.1, -0.05) is 11.6 Å². The van der Waals surface area contributed by atoms with Crippen LogP contribution < -0.4 is 16.0 Å². The van der Waals surface area contributed by atoms with Crippen LogP contribution in [0.2, 0.25) is 5.02 Å². The first kappa shape index (κ1) is 27.8. The molecule has 0 bridgehead atoms. The first-order valence-electron chi connectivity index (χ1n) is 9.49. The van der Waals surface area contributed by atoms with E-state index >= 15 is 0 Å². The lowest BCUT2D eigenvalue weighted by molar-refractivity contribution is -0.267. The maximum atomic E-state index is 14.7. The average molecular weight is 581 g/mol. The van der Waals surface area contributed by atoms with Crippen LogP contribution in [0.3, 0.4) is 0 Å². The van der Waals surface area contributed by atoms with E-state index in [1.54, 1.807) is 0 Å². The number of halogens is 10. The molecule has 0 heterocycles. The van der Waals surface area contributed by atoms with Gasteiger partial charge in [0.25, 0.3) is 5.91 Å². The molecule has 6 nitrogen and oxygen atoms in total. The fraction of sp³-hybridized carbons (Fsp3) is 0.250. The van der Waals surface area contributed by atoms with Gasteiger partial charge in [-0.3, -0.25) is 14.4 Å². The third-order valence-corrected chi connectivity index (χ3v) is 6.01. The molecule has 194 valence electrons. The summed E-state index contributed by atoms with van der Waals surface area (Å²) < 4.78 is 90.8. The second-order valence-electron chi connectivity index (χ2n) is 7.47. The predicted octanol–water partition coefficient (Wildman–Crippen LogP) is 6.14. The van der Waals surface area contributed by atoms with Crippen molar-refractivity contribution in [3.63, 3.8) is 0 Å². The Morgan fingerprint density at radius 1 is 0.944 bits per heavy atom. The molecule has 0 aliphatic heterocycles. The standard InChI is InChI=1S/C20H11Cl3F7N3O3/c21-10-2-1-7(31-16(35)9-6-18(9,22)23)5-8(10)15(34)32-12-4-3-11(24)14(13(12)25)33-17(36)19(26,27)20(28,29)30/h1-5,9H,6H2,(H,31,35)(H,32,34)(H,33,36)/t9-/m1/s1. The summed E-state index contributed by atoms with van der Waals surface area (Å²) in [6, 6.07) is 4.61. The number of hydrogen-bond acceptors (Lipinski definition) is 3. The Hall–Kier alpha value is -2.77. The van der Waals surface area contributed by atoms with E-state index < -0.39 is 63.1 Å². The minimum Gasteiger partial charge on any atom is -0.326 e. The Morgan fingerprint density at radius 2 is 1.56 bits per heavy atom. The van der Waals surface area contributed by atoms with Gasteiger partial charge in [0, 0.05) is 5.69 Å². The lowest BCUT2D eigenvalue weighted by Crippen LogP contribution is -2.47.